The summed E-state index contributed by atoms with van der Waals surface area (Å²) in [6.07, 6.45) is 0.353. The van der Waals surface area contributed by atoms with Crippen molar-refractivity contribution in [3.63, 3.8) is 0 Å². The fourth-order valence-electron chi connectivity index (χ4n) is 2.31. The molecule has 0 saturated carbocycles. The van der Waals surface area contributed by atoms with Gasteiger partial charge in [0.15, 0.2) is 0 Å². The Morgan fingerprint density at radius 2 is 1.89 bits per heavy atom. The van der Waals surface area contributed by atoms with Crippen LogP contribution in [0.4, 0.5) is 10.5 Å². The molecule has 0 radical (unpaired) electrons. The predicted octanol–water partition coefficient (Wildman–Crippen LogP) is 2.26. The van der Waals surface area contributed by atoms with Gasteiger partial charge in [-0.2, -0.15) is 0 Å². The second-order valence-electron chi connectivity index (χ2n) is 4.55. The van der Waals surface area contributed by atoms with Crippen LogP contribution in [0.25, 0.3) is 0 Å². The monoisotopic (exact) mass is 262 g/mol. The molecule has 5 nitrogen and oxygen atoms in total. The number of amides is 3. The minimum atomic E-state index is -0.253. The number of urea groups is 1. The lowest BCUT2D eigenvalue weighted by atomic mass is 10.1. The van der Waals surface area contributed by atoms with Crippen molar-refractivity contribution in [3.8, 4) is 5.75 Å². The molecule has 1 fully saturated rings. The summed E-state index contributed by atoms with van der Waals surface area (Å²) in [7, 11) is 1.58. The van der Waals surface area contributed by atoms with Crippen LogP contribution in [0.5, 0.6) is 5.75 Å². The van der Waals surface area contributed by atoms with E-state index < -0.39 is 0 Å². The van der Waals surface area contributed by atoms with Crippen molar-refractivity contribution in [1.82, 2.24) is 4.90 Å². The van der Waals surface area contributed by atoms with Gasteiger partial charge in [0.1, 0.15) is 5.75 Å². The Labute approximate surface area is 112 Å². The van der Waals surface area contributed by atoms with Crippen LogP contribution in [0.1, 0.15) is 20.3 Å². The SMILES string of the molecule is CCN1C(=O)N(c2ccc(OC)cc2)C(=O)CC1C. The van der Waals surface area contributed by atoms with Crippen LogP contribution >= 0.6 is 0 Å². The van der Waals surface area contributed by atoms with E-state index in [-0.39, 0.29) is 18.0 Å². The third-order valence-electron chi connectivity index (χ3n) is 3.36. The second-order valence-corrected chi connectivity index (χ2v) is 4.55. The fourth-order valence-corrected chi connectivity index (χ4v) is 2.31. The first-order valence-corrected chi connectivity index (χ1v) is 6.36. The van der Waals surface area contributed by atoms with Gasteiger partial charge in [0.25, 0.3) is 0 Å². The summed E-state index contributed by atoms with van der Waals surface area (Å²) < 4.78 is 5.07. The van der Waals surface area contributed by atoms with Gasteiger partial charge in [-0.15, -0.1) is 0 Å². The van der Waals surface area contributed by atoms with Gasteiger partial charge in [-0.25, -0.2) is 9.69 Å². The number of carbonyl (C=O) groups excluding carboxylic acids is 2. The lowest BCUT2D eigenvalue weighted by Gasteiger charge is -2.38. The maximum absolute atomic E-state index is 12.3. The van der Waals surface area contributed by atoms with E-state index in [0.717, 1.165) is 0 Å². The standard InChI is InChI=1S/C14H18N2O3/c1-4-15-10(2)9-13(17)16(14(15)18)11-5-7-12(19-3)8-6-11/h5-8,10H,4,9H2,1-3H3. The molecule has 1 aliphatic rings. The van der Waals surface area contributed by atoms with Crippen LogP contribution in [0.15, 0.2) is 24.3 Å². The van der Waals surface area contributed by atoms with Gasteiger partial charge in [-0.3, -0.25) is 4.79 Å². The molecule has 2 rings (SSSR count). The maximum Gasteiger partial charge on any atom is 0.331 e. The minimum absolute atomic E-state index is 0.0421. The number of benzene rings is 1. The van der Waals surface area contributed by atoms with Crippen molar-refractivity contribution in [2.24, 2.45) is 0 Å². The number of ether oxygens (including phenoxy) is 1. The highest BCUT2D eigenvalue weighted by molar-refractivity contribution is 6.16. The van der Waals surface area contributed by atoms with E-state index in [9.17, 15) is 9.59 Å². The van der Waals surface area contributed by atoms with Gasteiger partial charge in [-0.05, 0) is 38.1 Å². The van der Waals surface area contributed by atoms with E-state index >= 15 is 0 Å². The number of hydrogen-bond donors (Lipinski definition) is 0. The number of imide groups is 1. The van der Waals surface area contributed by atoms with Crippen LogP contribution in [0.3, 0.4) is 0 Å². The predicted molar refractivity (Wildman–Crippen MR) is 72.3 cm³/mol. The van der Waals surface area contributed by atoms with Gasteiger partial charge in [0.2, 0.25) is 5.91 Å². The number of methoxy groups -OCH3 is 1. The second kappa shape index (κ2) is 5.30. The molecule has 1 aromatic carbocycles. The molecule has 0 N–H and O–H groups in total. The number of nitrogens with zero attached hydrogens (tertiary/aromatic N) is 2. The number of carbonyl (C=O) groups is 2. The summed E-state index contributed by atoms with van der Waals surface area (Å²) in [4.78, 5) is 27.3. The molecule has 1 unspecified atom stereocenters. The third-order valence-corrected chi connectivity index (χ3v) is 3.36. The summed E-state index contributed by atoms with van der Waals surface area (Å²) in [5.41, 5.74) is 0.584. The van der Waals surface area contributed by atoms with Crippen molar-refractivity contribution >= 4 is 17.6 Å². The molecule has 1 heterocycles. The first-order valence-electron chi connectivity index (χ1n) is 6.36. The van der Waals surface area contributed by atoms with E-state index in [1.165, 1.54) is 4.90 Å². The molecule has 19 heavy (non-hydrogen) atoms. The zero-order valence-corrected chi connectivity index (χ0v) is 11.4. The first-order chi connectivity index (χ1) is 9.08. The highest BCUT2D eigenvalue weighted by atomic mass is 16.5. The Morgan fingerprint density at radius 1 is 1.26 bits per heavy atom. The normalized spacial score (nSPS) is 19.8. The number of rotatable bonds is 3. The highest BCUT2D eigenvalue weighted by Gasteiger charge is 2.36. The van der Waals surface area contributed by atoms with E-state index in [0.29, 0.717) is 24.4 Å². The van der Waals surface area contributed by atoms with Crippen molar-refractivity contribution in [1.29, 1.82) is 0 Å². The molecule has 3 amide bonds. The Balaban J connectivity index is 2.30. The summed E-state index contributed by atoms with van der Waals surface area (Å²) >= 11 is 0. The average Bonchev–Trinajstić information content (AvgIpc) is 2.39. The molecule has 0 aliphatic carbocycles. The molecule has 1 aromatic rings. The van der Waals surface area contributed by atoms with E-state index in [1.807, 2.05) is 13.8 Å². The van der Waals surface area contributed by atoms with Crippen molar-refractivity contribution in [3.05, 3.63) is 24.3 Å². The van der Waals surface area contributed by atoms with E-state index in [2.05, 4.69) is 0 Å². The minimum Gasteiger partial charge on any atom is -0.497 e. The molecule has 0 bridgehead atoms. The molecule has 0 aromatic heterocycles. The van der Waals surface area contributed by atoms with Crippen LogP contribution in [-0.4, -0.2) is 36.5 Å². The van der Waals surface area contributed by atoms with Crippen LogP contribution < -0.4 is 9.64 Å². The summed E-state index contributed by atoms with van der Waals surface area (Å²) in [6, 6.07) is 6.63. The van der Waals surface area contributed by atoms with Crippen LogP contribution in [0, 0.1) is 0 Å². The molecule has 1 atom stereocenters. The fraction of sp³-hybridized carbons (Fsp3) is 0.429. The smallest absolute Gasteiger partial charge is 0.331 e. The Hall–Kier alpha value is -2.04. The highest BCUT2D eigenvalue weighted by Crippen LogP contribution is 2.25. The van der Waals surface area contributed by atoms with E-state index in [1.54, 1.807) is 36.3 Å². The van der Waals surface area contributed by atoms with Gasteiger partial charge in [-0.1, -0.05) is 0 Å². The summed E-state index contributed by atoms with van der Waals surface area (Å²) in [5, 5.41) is 0. The molecule has 102 valence electrons. The molecule has 1 aliphatic heterocycles. The van der Waals surface area contributed by atoms with Gasteiger partial charge in [0, 0.05) is 19.0 Å². The molecule has 0 spiro atoms. The lowest BCUT2D eigenvalue weighted by Crippen LogP contribution is -2.56. The molecular weight excluding hydrogens is 244 g/mol. The molecular formula is C14H18N2O3. The van der Waals surface area contributed by atoms with Crippen molar-refractivity contribution in [2.75, 3.05) is 18.6 Å². The molecule has 5 heteroatoms. The average molecular weight is 262 g/mol. The Bertz CT molecular complexity index is 484. The lowest BCUT2D eigenvalue weighted by molar-refractivity contribution is -0.120. The number of hydrogen-bond acceptors (Lipinski definition) is 3. The Morgan fingerprint density at radius 3 is 2.42 bits per heavy atom. The van der Waals surface area contributed by atoms with E-state index in [4.69, 9.17) is 4.74 Å². The zero-order chi connectivity index (χ0) is 14.0. The summed E-state index contributed by atoms with van der Waals surface area (Å²) in [6.45, 7) is 4.40. The third kappa shape index (κ3) is 2.41. The largest absolute Gasteiger partial charge is 0.497 e. The van der Waals surface area contributed by atoms with Gasteiger partial charge >= 0.3 is 6.03 Å². The van der Waals surface area contributed by atoms with Crippen molar-refractivity contribution < 1.29 is 14.3 Å². The first kappa shape index (κ1) is 13.4. The van der Waals surface area contributed by atoms with Crippen molar-refractivity contribution in [2.45, 2.75) is 26.3 Å². The topological polar surface area (TPSA) is 49.9 Å². The Kier molecular flexibility index (Phi) is 3.74. The summed E-state index contributed by atoms with van der Waals surface area (Å²) in [5.74, 6) is 0.536. The van der Waals surface area contributed by atoms with Crippen LogP contribution in [-0.2, 0) is 4.79 Å². The quantitative estimate of drug-likeness (QED) is 0.839. The molecule has 1 saturated heterocycles. The van der Waals surface area contributed by atoms with Gasteiger partial charge < -0.3 is 9.64 Å². The maximum atomic E-state index is 12.3. The van der Waals surface area contributed by atoms with Crippen LogP contribution in [0.2, 0.25) is 0 Å². The zero-order valence-electron chi connectivity index (χ0n) is 11.4. The van der Waals surface area contributed by atoms with Gasteiger partial charge in [0.05, 0.1) is 12.8 Å². The number of anilines is 1.